The molecular weight excluding hydrogens is 206 g/mol. The summed E-state index contributed by atoms with van der Waals surface area (Å²) in [4.78, 5) is 0. The number of hydrogen-bond donors (Lipinski definition) is 0. The number of fused-ring (bicyclic) bond motifs is 1. The van der Waals surface area contributed by atoms with Crippen LogP contribution in [0, 0.1) is 34.5 Å². The number of nitrogens with zero attached hydrogens (tertiary/aromatic N) is 1. The van der Waals surface area contributed by atoms with Crippen LogP contribution >= 0.6 is 0 Å². The Morgan fingerprint density at radius 3 is 2.41 bits per heavy atom. The minimum atomic E-state index is 0.533. The maximum atomic E-state index is 4.71. The molecule has 4 aliphatic rings. The first-order valence-corrected chi connectivity index (χ1v) is 7.49. The van der Waals surface area contributed by atoms with E-state index >= 15 is 0 Å². The molecule has 4 aliphatic carbocycles. The molecule has 1 nitrogen and oxygen atoms in total. The van der Waals surface area contributed by atoms with Gasteiger partial charge in [-0.15, -0.1) is 6.04 Å². The molecule has 4 rings (SSSR count). The molecule has 4 saturated carbocycles. The molecule has 0 aromatic rings. The topological polar surface area (TPSA) is 14.1 Å². The zero-order chi connectivity index (χ0) is 12.4. The Hall–Kier alpha value is -0.0400. The third-order valence-corrected chi connectivity index (χ3v) is 6.86. The predicted octanol–water partition coefficient (Wildman–Crippen LogP) is 4.48. The minimum absolute atomic E-state index is 0.533. The standard InChI is InChI=1S/C16H28N/c1-10(2)12-6-11-7-15(3)8-13(12)16(11,4)9-14(15)17-5/h10-14H,6-9H2,1-5H3/q-1. The monoisotopic (exact) mass is 234 g/mol. The third-order valence-electron chi connectivity index (χ3n) is 6.86. The maximum absolute atomic E-state index is 4.71. The van der Waals surface area contributed by atoms with Crippen molar-refractivity contribution in [2.24, 2.45) is 34.5 Å². The highest BCUT2D eigenvalue weighted by atomic mass is 14.9. The van der Waals surface area contributed by atoms with Crippen LogP contribution in [0.2, 0.25) is 0 Å². The molecule has 4 bridgehead atoms. The predicted molar refractivity (Wildman–Crippen MR) is 73.1 cm³/mol. The summed E-state index contributed by atoms with van der Waals surface area (Å²) < 4.78 is 0. The smallest absolute Gasteiger partial charge is 0.0280 e. The fourth-order valence-corrected chi connectivity index (χ4v) is 5.80. The number of rotatable bonds is 2. The normalized spacial score (nSPS) is 56.8. The van der Waals surface area contributed by atoms with Crippen molar-refractivity contribution in [2.45, 2.75) is 59.4 Å². The van der Waals surface area contributed by atoms with Crippen LogP contribution < -0.4 is 0 Å². The van der Waals surface area contributed by atoms with Crippen LogP contribution in [-0.4, -0.2) is 13.1 Å². The first-order valence-electron chi connectivity index (χ1n) is 7.49. The molecular formula is C16H28N-. The van der Waals surface area contributed by atoms with E-state index in [0.29, 0.717) is 16.9 Å². The van der Waals surface area contributed by atoms with Gasteiger partial charge in [-0.05, 0) is 53.8 Å². The van der Waals surface area contributed by atoms with Crippen molar-refractivity contribution in [3.63, 3.8) is 0 Å². The summed E-state index contributed by atoms with van der Waals surface area (Å²) in [6.07, 6.45) is 5.78. The van der Waals surface area contributed by atoms with Gasteiger partial charge in [-0.25, -0.2) is 0 Å². The number of hydrogen-bond acceptors (Lipinski definition) is 0. The van der Waals surface area contributed by atoms with Crippen molar-refractivity contribution in [2.75, 3.05) is 7.05 Å². The Morgan fingerprint density at radius 1 is 1.12 bits per heavy atom. The highest BCUT2D eigenvalue weighted by Crippen LogP contribution is 2.71. The van der Waals surface area contributed by atoms with E-state index in [4.69, 9.17) is 5.32 Å². The second-order valence-corrected chi connectivity index (χ2v) is 7.99. The van der Waals surface area contributed by atoms with Crippen LogP contribution in [-0.2, 0) is 0 Å². The van der Waals surface area contributed by atoms with Crippen LogP contribution in [0.3, 0.4) is 0 Å². The lowest BCUT2D eigenvalue weighted by molar-refractivity contribution is -0.0723. The summed E-state index contributed by atoms with van der Waals surface area (Å²) in [7, 11) is 2.04. The molecule has 6 unspecified atom stereocenters. The molecule has 0 spiro atoms. The second kappa shape index (κ2) is 3.50. The van der Waals surface area contributed by atoms with Crippen LogP contribution in [0.15, 0.2) is 0 Å². The van der Waals surface area contributed by atoms with Crippen LogP contribution in [0.5, 0.6) is 0 Å². The van der Waals surface area contributed by atoms with E-state index in [2.05, 4.69) is 27.7 Å². The van der Waals surface area contributed by atoms with Crippen molar-refractivity contribution in [3.8, 4) is 0 Å². The van der Waals surface area contributed by atoms with Crippen molar-refractivity contribution < 1.29 is 0 Å². The summed E-state index contributed by atoms with van der Waals surface area (Å²) in [5, 5.41) is 4.71. The average Bonchev–Trinajstić information content (AvgIpc) is 2.44. The van der Waals surface area contributed by atoms with Gasteiger partial charge in [0.15, 0.2) is 0 Å². The largest absolute Gasteiger partial charge is 0.662 e. The van der Waals surface area contributed by atoms with Gasteiger partial charge in [-0.1, -0.05) is 34.1 Å². The Bertz CT molecular complexity index is 323. The van der Waals surface area contributed by atoms with E-state index < -0.39 is 0 Å². The molecule has 0 N–H and O–H groups in total. The van der Waals surface area contributed by atoms with Gasteiger partial charge in [0.05, 0.1) is 0 Å². The summed E-state index contributed by atoms with van der Waals surface area (Å²) in [6.45, 7) is 9.98. The lowest BCUT2D eigenvalue weighted by Crippen LogP contribution is -2.54. The van der Waals surface area contributed by atoms with E-state index in [0.717, 1.165) is 23.7 Å². The minimum Gasteiger partial charge on any atom is -0.662 e. The van der Waals surface area contributed by atoms with Gasteiger partial charge in [0, 0.05) is 0 Å². The Balaban J connectivity index is 1.95. The second-order valence-electron chi connectivity index (χ2n) is 7.99. The first-order chi connectivity index (χ1) is 7.90. The van der Waals surface area contributed by atoms with Crippen LogP contribution in [0.4, 0.5) is 0 Å². The Kier molecular flexibility index (Phi) is 2.47. The van der Waals surface area contributed by atoms with Gasteiger partial charge in [0.25, 0.3) is 0 Å². The SMILES string of the molecule is C[N-]C1CC2(C)C3CC(C(C)C)C2CC1(C)C3. The van der Waals surface area contributed by atoms with E-state index in [1.807, 2.05) is 7.05 Å². The van der Waals surface area contributed by atoms with Gasteiger partial charge >= 0.3 is 0 Å². The molecule has 0 amide bonds. The fourth-order valence-electron chi connectivity index (χ4n) is 5.80. The van der Waals surface area contributed by atoms with E-state index in [1.54, 1.807) is 0 Å². The maximum Gasteiger partial charge on any atom is -0.0280 e. The Morgan fingerprint density at radius 2 is 1.82 bits per heavy atom. The molecule has 0 aromatic carbocycles. The van der Waals surface area contributed by atoms with Crippen molar-refractivity contribution >= 4 is 0 Å². The van der Waals surface area contributed by atoms with Crippen LogP contribution in [0.25, 0.3) is 5.32 Å². The lowest BCUT2D eigenvalue weighted by Gasteiger charge is -2.64. The third kappa shape index (κ3) is 1.41. The summed E-state index contributed by atoms with van der Waals surface area (Å²) in [5.41, 5.74) is 1.16. The van der Waals surface area contributed by atoms with Gasteiger partial charge < -0.3 is 5.32 Å². The lowest BCUT2D eigenvalue weighted by atomic mass is 9.47. The van der Waals surface area contributed by atoms with Crippen molar-refractivity contribution in [3.05, 3.63) is 5.32 Å². The molecule has 17 heavy (non-hydrogen) atoms. The zero-order valence-corrected chi connectivity index (χ0v) is 12.2. The van der Waals surface area contributed by atoms with E-state index in [-0.39, 0.29) is 0 Å². The van der Waals surface area contributed by atoms with Gasteiger partial charge in [-0.2, -0.15) is 7.05 Å². The summed E-state index contributed by atoms with van der Waals surface area (Å²) >= 11 is 0. The summed E-state index contributed by atoms with van der Waals surface area (Å²) in [6, 6.07) is 0.644. The highest BCUT2D eigenvalue weighted by Gasteiger charge is 2.62. The molecule has 6 atom stereocenters. The van der Waals surface area contributed by atoms with Crippen LogP contribution in [0.1, 0.15) is 53.4 Å². The molecule has 0 aliphatic heterocycles. The fraction of sp³-hybridized carbons (Fsp3) is 1.00. The molecule has 0 aromatic heterocycles. The summed E-state index contributed by atoms with van der Waals surface area (Å²) in [5.74, 6) is 3.85. The van der Waals surface area contributed by atoms with Gasteiger partial charge in [0.2, 0.25) is 0 Å². The highest BCUT2D eigenvalue weighted by molar-refractivity contribution is 5.19. The van der Waals surface area contributed by atoms with Gasteiger partial charge in [-0.3, -0.25) is 0 Å². The molecule has 98 valence electrons. The average molecular weight is 234 g/mol. The molecule has 0 saturated heterocycles. The van der Waals surface area contributed by atoms with Crippen molar-refractivity contribution in [1.29, 1.82) is 0 Å². The molecule has 0 radical (unpaired) electrons. The quantitative estimate of drug-likeness (QED) is 0.669. The van der Waals surface area contributed by atoms with Crippen molar-refractivity contribution in [1.82, 2.24) is 0 Å². The molecule has 4 fully saturated rings. The van der Waals surface area contributed by atoms with E-state index in [9.17, 15) is 0 Å². The van der Waals surface area contributed by atoms with E-state index in [1.165, 1.54) is 25.7 Å². The molecule has 1 heteroatoms. The Labute approximate surface area is 107 Å². The van der Waals surface area contributed by atoms with Gasteiger partial charge in [0.1, 0.15) is 0 Å². The zero-order valence-electron chi connectivity index (χ0n) is 12.2. The molecule has 0 heterocycles. The first kappa shape index (κ1) is 12.0.